The number of ether oxygens (including phenoxy) is 1. The predicted octanol–water partition coefficient (Wildman–Crippen LogP) is 2.94. The standard InChI is InChI=1S/C22H20F3N3O4/c1-4-32-20(30)16-13(2)27-18-17(16)14(11-28(3)19(18)29)7-8-21(31,12-22(23,24)25)15-6-5-9-26-10-15/h5-6,9-11,27,31H,4,12H2,1-3H3. The predicted molar refractivity (Wildman–Crippen MR) is 110 cm³/mol. The van der Waals surface area contributed by atoms with Crippen LogP contribution in [0, 0.1) is 18.8 Å². The normalized spacial score (nSPS) is 13.3. The zero-order valence-corrected chi connectivity index (χ0v) is 17.5. The van der Waals surface area contributed by atoms with Crippen LogP contribution in [0.15, 0.2) is 35.5 Å². The Morgan fingerprint density at radius 2 is 2.09 bits per heavy atom. The third kappa shape index (κ3) is 4.53. The van der Waals surface area contributed by atoms with Gasteiger partial charge in [0.2, 0.25) is 0 Å². The first-order valence-electron chi connectivity index (χ1n) is 9.58. The molecule has 2 N–H and O–H groups in total. The molecule has 1 atom stereocenters. The summed E-state index contributed by atoms with van der Waals surface area (Å²) in [6, 6.07) is 2.67. The number of hydrogen-bond donors (Lipinski definition) is 2. The summed E-state index contributed by atoms with van der Waals surface area (Å²) in [6.45, 7) is 3.27. The molecule has 0 aliphatic heterocycles. The molecule has 0 aromatic carbocycles. The molecule has 0 fully saturated rings. The van der Waals surface area contributed by atoms with E-state index in [2.05, 4.69) is 21.8 Å². The smallest absolute Gasteiger partial charge is 0.393 e. The number of carbonyl (C=O) groups excluding carboxylic acids is 1. The van der Waals surface area contributed by atoms with Gasteiger partial charge in [-0.15, -0.1) is 0 Å². The summed E-state index contributed by atoms with van der Waals surface area (Å²) in [7, 11) is 1.44. The van der Waals surface area contributed by atoms with Crippen LogP contribution >= 0.6 is 0 Å². The molecule has 1 unspecified atom stereocenters. The number of nitrogens with zero attached hydrogens (tertiary/aromatic N) is 2. The molecule has 0 aliphatic carbocycles. The van der Waals surface area contributed by atoms with Crippen LogP contribution in [0.5, 0.6) is 0 Å². The van der Waals surface area contributed by atoms with Crippen LogP contribution in [0.1, 0.15) is 40.5 Å². The van der Waals surface area contributed by atoms with Crippen LogP contribution in [0.2, 0.25) is 0 Å². The van der Waals surface area contributed by atoms with Crippen LogP contribution in [-0.2, 0) is 17.4 Å². The van der Waals surface area contributed by atoms with E-state index in [1.165, 1.54) is 36.1 Å². The van der Waals surface area contributed by atoms with E-state index in [9.17, 15) is 27.9 Å². The van der Waals surface area contributed by atoms with Gasteiger partial charge in [-0.1, -0.05) is 17.9 Å². The lowest BCUT2D eigenvalue weighted by Crippen LogP contribution is -2.31. The topological polar surface area (TPSA) is 97.2 Å². The second-order valence-corrected chi connectivity index (χ2v) is 7.20. The van der Waals surface area contributed by atoms with Gasteiger partial charge in [0.1, 0.15) is 5.52 Å². The second-order valence-electron chi connectivity index (χ2n) is 7.20. The SMILES string of the molecule is CCOC(=O)c1c(C)[nH]c2c(=O)n(C)cc(C#CC(O)(CC(F)(F)F)c3cccnc3)c12. The number of esters is 1. The van der Waals surface area contributed by atoms with E-state index in [-0.39, 0.29) is 34.2 Å². The van der Waals surface area contributed by atoms with E-state index in [1.807, 2.05) is 0 Å². The number of aliphatic hydroxyl groups is 1. The fourth-order valence-corrected chi connectivity index (χ4v) is 3.39. The van der Waals surface area contributed by atoms with Gasteiger partial charge in [0.05, 0.1) is 24.2 Å². The molecular weight excluding hydrogens is 427 g/mol. The Morgan fingerprint density at radius 1 is 1.38 bits per heavy atom. The Kier molecular flexibility index (Phi) is 6.14. The Balaban J connectivity index is 2.27. The van der Waals surface area contributed by atoms with Gasteiger partial charge in [-0.05, 0) is 19.9 Å². The van der Waals surface area contributed by atoms with E-state index in [0.29, 0.717) is 5.69 Å². The van der Waals surface area contributed by atoms with Crippen LogP contribution in [0.25, 0.3) is 10.9 Å². The number of carbonyl (C=O) groups is 1. The van der Waals surface area contributed by atoms with Crippen LogP contribution in [0.3, 0.4) is 0 Å². The Morgan fingerprint density at radius 3 is 2.69 bits per heavy atom. The van der Waals surface area contributed by atoms with Crippen LogP contribution in [-0.4, -0.2) is 38.4 Å². The third-order valence-corrected chi connectivity index (χ3v) is 4.79. The summed E-state index contributed by atoms with van der Waals surface area (Å²) in [5.41, 5.74) is -2.64. The Hall–Kier alpha value is -3.58. The summed E-state index contributed by atoms with van der Waals surface area (Å²) in [4.78, 5) is 31.6. The molecule has 3 aromatic rings. The first-order chi connectivity index (χ1) is 15.0. The molecule has 3 heterocycles. The monoisotopic (exact) mass is 447 g/mol. The van der Waals surface area contributed by atoms with Crippen molar-refractivity contribution in [1.82, 2.24) is 14.5 Å². The lowest BCUT2D eigenvalue weighted by Gasteiger charge is -2.23. The van der Waals surface area contributed by atoms with Crippen molar-refractivity contribution in [2.75, 3.05) is 6.61 Å². The largest absolute Gasteiger partial charge is 0.462 e. The van der Waals surface area contributed by atoms with Gasteiger partial charge < -0.3 is 19.4 Å². The van der Waals surface area contributed by atoms with Crippen molar-refractivity contribution in [1.29, 1.82) is 0 Å². The first kappa shape index (κ1) is 23.1. The molecular formula is C22H20F3N3O4. The summed E-state index contributed by atoms with van der Waals surface area (Å²) in [5.74, 6) is 4.15. The Labute approximate surface area is 180 Å². The number of halogens is 3. The summed E-state index contributed by atoms with van der Waals surface area (Å²) >= 11 is 0. The highest BCUT2D eigenvalue weighted by molar-refractivity contribution is 6.07. The summed E-state index contributed by atoms with van der Waals surface area (Å²) < 4.78 is 45.9. The number of fused-ring (bicyclic) bond motifs is 1. The minimum atomic E-state index is -4.72. The highest BCUT2D eigenvalue weighted by Crippen LogP contribution is 2.34. The van der Waals surface area contributed by atoms with Gasteiger partial charge in [0.25, 0.3) is 5.56 Å². The molecule has 0 bridgehead atoms. The molecule has 3 rings (SSSR count). The van der Waals surface area contributed by atoms with Crippen molar-refractivity contribution >= 4 is 16.9 Å². The molecule has 3 aromatic heterocycles. The molecule has 7 nitrogen and oxygen atoms in total. The maximum absolute atomic E-state index is 13.2. The van der Waals surface area contributed by atoms with Crippen LogP contribution < -0.4 is 5.56 Å². The first-order valence-corrected chi connectivity index (χ1v) is 9.58. The maximum Gasteiger partial charge on any atom is 0.393 e. The average Bonchev–Trinajstić information content (AvgIpc) is 3.07. The van der Waals surface area contributed by atoms with Gasteiger partial charge in [-0.2, -0.15) is 13.2 Å². The van der Waals surface area contributed by atoms with Gasteiger partial charge in [-0.25, -0.2) is 4.79 Å². The number of hydrogen-bond acceptors (Lipinski definition) is 5. The van der Waals surface area contributed by atoms with Crippen molar-refractivity contribution in [2.24, 2.45) is 7.05 Å². The average molecular weight is 447 g/mol. The third-order valence-electron chi connectivity index (χ3n) is 4.79. The number of pyridine rings is 2. The van der Waals surface area contributed by atoms with Gasteiger partial charge in [0.15, 0.2) is 5.60 Å². The molecule has 0 saturated carbocycles. The molecule has 0 spiro atoms. The number of aromatic nitrogens is 3. The number of aryl methyl sites for hydroxylation is 2. The minimum Gasteiger partial charge on any atom is -0.462 e. The van der Waals surface area contributed by atoms with Crippen molar-refractivity contribution in [3.8, 4) is 11.8 Å². The van der Waals surface area contributed by atoms with Gasteiger partial charge >= 0.3 is 12.1 Å². The van der Waals surface area contributed by atoms with E-state index in [1.54, 1.807) is 13.8 Å². The van der Waals surface area contributed by atoms with E-state index in [4.69, 9.17) is 4.74 Å². The van der Waals surface area contributed by atoms with Crippen molar-refractivity contribution in [2.45, 2.75) is 32.0 Å². The van der Waals surface area contributed by atoms with Crippen molar-refractivity contribution in [3.63, 3.8) is 0 Å². The van der Waals surface area contributed by atoms with Gasteiger partial charge in [-0.3, -0.25) is 9.78 Å². The number of rotatable bonds is 4. The van der Waals surface area contributed by atoms with Gasteiger partial charge in [0, 0.05) is 42.3 Å². The molecule has 32 heavy (non-hydrogen) atoms. The van der Waals surface area contributed by atoms with Crippen molar-refractivity contribution < 1.29 is 27.8 Å². The number of H-pyrrole nitrogens is 1. The van der Waals surface area contributed by atoms with Crippen molar-refractivity contribution in [3.05, 3.63) is 63.5 Å². The summed E-state index contributed by atoms with van der Waals surface area (Å²) in [5, 5.41) is 11.0. The second kappa shape index (κ2) is 8.51. The van der Waals surface area contributed by atoms with Crippen LogP contribution in [0.4, 0.5) is 13.2 Å². The molecule has 0 radical (unpaired) electrons. The molecule has 0 amide bonds. The minimum absolute atomic E-state index is 0.0561. The lowest BCUT2D eigenvalue weighted by atomic mass is 9.91. The zero-order chi connectivity index (χ0) is 23.7. The number of nitrogens with one attached hydrogen (secondary N) is 1. The van der Waals surface area contributed by atoms with E-state index in [0.717, 1.165) is 6.20 Å². The quantitative estimate of drug-likeness (QED) is 0.474. The molecule has 168 valence electrons. The number of aromatic amines is 1. The Bertz CT molecular complexity index is 1280. The molecule has 0 aliphatic rings. The lowest BCUT2D eigenvalue weighted by molar-refractivity contribution is -0.166. The summed E-state index contributed by atoms with van der Waals surface area (Å²) in [6.07, 6.45) is -2.61. The fourth-order valence-electron chi connectivity index (χ4n) is 3.39. The fraction of sp³-hybridized carbons (Fsp3) is 0.318. The molecule has 10 heteroatoms. The number of alkyl halides is 3. The highest BCUT2D eigenvalue weighted by Gasteiger charge is 2.42. The maximum atomic E-state index is 13.2. The van der Waals surface area contributed by atoms with E-state index < -0.39 is 29.7 Å². The van der Waals surface area contributed by atoms with E-state index >= 15 is 0 Å². The highest BCUT2D eigenvalue weighted by atomic mass is 19.4. The molecule has 0 saturated heterocycles. The zero-order valence-electron chi connectivity index (χ0n) is 17.5.